The van der Waals surface area contributed by atoms with Crippen molar-refractivity contribution in [3.63, 3.8) is 0 Å². The number of aromatic nitrogens is 3. The van der Waals surface area contributed by atoms with Crippen molar-refractivity contribution in [3.8, 4) is 11.3 Å². The van der Waals surface area contributed by atoms with Crippen LogP contribution >= 0.6 is 11.6 Å². The number of nitrogens with zero attached hydrogens (tertiary/aromatic N) is 3. The highest BCUT2D eigenvalue weighted by molar-refractivity contribution is 6.30. The Morgan fingerprint density at radius 3 is 2.77 bits per heavy atom. The maximum atomic E-state index is 13.5. The number of nitrogens with one attached hydrogen (secondary N) is 2. The summed E-state index contributed by atoms with van der Waals surface area (Å²) >= 11 is 6.03. The lowest BCUT2D eigenvalue weighted by Gasteiger charge is -2.27. The van der Waals surface area contributed by atoms with Gasteiger partial charge in [0, 0.05) is 41.7 Å². The molecule has 0 bridgehead atoms. The van der Waals surface area contributed by atoms with Gasteiger partial charge in [0.25, 0.3) is 5.56 Å². The number of hydrogen-bond donors (Lipinski definition) is 3. The van der Waals surface area contributed by atoms with Crippen LogP contribution in [0.25, 0.3) is 27.7 Å². The predicted molar refractivity (Wildman–Crippen MR) is 124 cm³/mol. The lowest BCUT2D eigenvalue weighted by atomic mass is 9.93. The summed E-state index contributed by atoms with van der Waals surface area (Å²) < 4.78 is 1.63. The standard InChI is InChI=1S/C23H24ClN5O2/c1-26-12-15(11-25)21-22-19(10-20(28-21)14-5-7-16(24)8-6-14)23(31)29(13-27-22)17-3-2-4-18(30)9-17/h5-8,10-13,17-18,25-26,30H,2-4,9H2,1H3/b15-12+,25-11?. The van der Waals surface area contributed by atoms with Crippen LogP contribution in [-0.2, 0) is 0 Å². The molecule has 8 heteroatoms. The van der Waals surface area contributed by atoms with E-state index in [1.165, 1.54) is 6.21 Å². The average Bonchev–Trinajstić information content (AvgIpc) is 2.78. The molecule has 2 heterocycles. The minimum atomic E-state index is -0.401. The summed E-state index contributed by atoms with van der Waals surface area (Å²) in [5, 5.41) is 21.9. The molecule has 7 nitrogen and oxygen atoms in total. The smallest absolute Gasteiger partial charge is 0.261 e. The fraction of sp³-hybridized carbons (Fsp3) is 0.304. The van der Waals surface area contributed by atoms with Gasteiger partial charge in [0.05, 0.1) is 23.5 Å². The molecular formula is C23H24ClN5O2. The Hall–Kier alpha value is -3.03. The van der Waals surface area contributed by atoms with E-state index in [2.05, 4.69) is 10.3 Å². The van der Waals surface area contributed by atoms with Gasteiger partial charge < -0.3 is 15.8 Å². The number of fused-ring (bicyclic) bond motifs is 1. The van der Waals surface area contributed by atoms with Crippen molar-refractivity contribution in [1.29, 1.82) is 5.41 Å². The molecule has 31 heavy (non-hydrogen) atoms. The van der Waals surface area contributed by atoms with E-state index >= 15 is 0 Å². The van der Waals surface area contributed by atoms with Gasteiger partial charge in [-0.05, 0) is 43.9 Å². The van der Waals surface area contributed by atoms with Crippen molar-refractivity contribution in [2.24, 2.45) is 0 Å². The first kappa shape index (κ1) is 21.2. The van der Waals surface area contributed by atoms with Crippen molar-refractivity contribution >= 4 is 34.3 Å². The van der Waals surface area contributed by atoms with E-state index in [0.717, 1.165) is 24.8 Å². The largest absolute Gasteiger partial charge is 0.393 e. The Labute approximate surface area is 184 Å². The fourth-order valence-electron chi connectivity index (χ4n) is 4.10. The molecule has 1 aliphatic rings. The van der Waals surface area contributed by atoms with Gasteiger partial charge in [-0.15, -0.1) is 0 Å². The molecule has 2 unspecified atom stereocenters. The SMILES string of the molecule is CN/C=C(\C=N)c1nc(-c2ccc(Cl)cc2)cc2c(=O)n(C3CCCC(O)C3)cnc12. The molecule has 3 aromatic rings. The third-order valence-electron chi connectivity index (χ3n) is 5.65. The second-order valence-corrected chi connectivity index (χ2v) is 8.16. The summed E-state index contributed by atoms with van der Waals surface area (Å²) in [5.74, 6) is 0. The average molecular weight is 438 g/mol. The van der Waals surface area contributed by atoms with Gasteiger partial charge in [-0.3, -0.25) is 9.36 Å². The molecule has 1 aromatic carbocycles. The maximum Gasteiger partial charge on any atom is 0.261 e. The Kier molecular flexibility index (Phi) is 6.15. The van der Waals surface area contributed by atoms with Crippen LogP contribution < -0.4 is 10.9 Å². The van der Waals surface area contributed by atoms with Crippen LogP contribution in [0.1, 0.15) is 37.4 Å². The highest BCUT2D eigenvalue weighted by atomic mass is 35.5. The van der Waals surface area contributed by atoms with Crippen LogP contribution in [-0.4, -0.2) is 39.0 Å². The van der Waals surface area contributed by atoms with Crippen LogP contribution in [0.15, 0.2) is 47.7 Å². The van der Waals surface area contributed by atoms with Gasteiger partial charge >= 0.3 is 0 Å². The predicted octanol–water partition coefficient (Wildman–Crippen LogP) is 3.80. The van der Waals surface area contributed by atoms with E-state index in [4.69, 9.17) is 22.0 Å². The van der Waals surface area contributed by atoms with Gasteiger partial charge in [0.2, 0.25) is 0 Å². The zero-order chi connectivity index (χ0) is 22.0. The van der Waals surface area contributed by atoms with E-state index in [0.29, 0.717) is 39.3 Å². The highest BCUT2D eigenvalue weighted by Crippen LogP contribution is 2.30. The Balaban J connectivity index is 1.96. The normalized spacial score (nSPS) is 19.4. The second-order valence-electron chi connectivity index (χ2n) is 7.72. The lowest BCUT2D eigenvalue weighted by Crippen LogP contribution is -2.30. The Bertz CT molecular complexity index is 1200. The molecule has 4 rings (SSSR count). The number of aliphatic hydroxyl groups excluding tert-OH is 1. The molecule has 0 spiro atoms. The third-order valence-corrected chi connectivity index (χ3v) is 5.90. The summed E-state index contributed by atoms with van der Waals surface area (Å²) in [6, 6.07) is 8.90. The molecule has 1 saturated carbocycles. The summed E-state index contributed by atoms with van der Waals surface area (Å²) in [7, 11) is 1.74. The number of halogens is 1. The van der Waals surface area contributed by atoms with E-state index in [9.17, 15) is 9.90 Å². The van der Waals surface area contributed by atoms with E-state index in [1.807, 2.05) is 12.1 Å². The number of hydrogen-bond acceptors (Lipinski definition) is 6. The van der Waals surface area contributed by atoms with Crippen LogP contribution in [0.3, 0.4) is 0 Å². The third kappa shape index (κ3) is 4.24. The molecule has 1 aliphatic carbocycles. The first-order chi connectivity index (χ1) is 15.0. The van der Waals surface area contributed by atoms with Crippen LogP contribution in [0.5, 0.6) is 0 Å². The summed E-state index contributed by atoms with van der Waals surface area (Å²) in [6.07, 6.45) is 7.00. The maximum absolute atomic E-state index is 13.5. The molecule has 2 aromatic heterocycles. The molecule has 0 amide bonds. The zero-order valence-electron chi connectivity index (χ0n) is 17.2. The van der Waals surface area contributed by atoms with E-state index in [-0.39, 0.29) is 11.6 Å². The van der Waals surface area contributed by atoms with E-state index in [1.54, 1.807) is 42.3 Å². The van der Waals surface area contributed by atoms with Gasteiger partial charge in [0.1, 0.15) is 11.2 Å². The molecule has 2 atom stereocenters. The number of rotatable bonds is 5. The van der Waals surface area contributed by atoms with Gasteiger partial charge in [-0.1, -0.05) is 23.7 Å². The Morgan fingerprint density at radius 2 is 2.10 bits per heavy atom. The van der Waals surface area contributed by atoms with Crippen molar-refractivity contribution in [2.45, 2.75) is 37.8 Å². The monoisotopic (exact) mass is 437 g/mol. The first-order valence-electron chi connectivity index (χ1n) is 10.3. The molecule has 1 fully saturated rings. The summed E-state index contributed by atoms with van der Waals surface area (Å²) in [6.45, 7) is 0. The molecule has 160 valence electrons. The quantitative estimate of drug-likeness (QED) is 0.527. The van der Waals surface area contributed by atoms with Gasteiger partial charge in [-0.25, -0.2) is 9.97 Å². The molecular weight excluding hydrogens is 414 g/mol. The van der Waals surface area contributed by atoms with Crippen molar-refractivity contribution in [3.05, 3.63) is 63.9 Å². The first-order valence-corrected chi connectivity index (χ1v) is 10.6. The second kappa shape index (κ2) is 8.99. The van der Waals surface area contributed by atoms with Crippen LogP contribution in [0.2, 0.25) is 5.02 Å². The van der Waals surface area contributed by atoms with Crippen molar-refractivity contribution in [2.75, 3.05) is 7.05 Å². The van der Waals surface area contributed by atoms with Gasteiger partial charge in [-0.2, -0.15) is 0 Å². The van der Waals surface area contributed by atoms with Gasteiger partial charge in [0.15, 0.2) is 0 Å². The van der Waals surface area contributed by atoms with Crippen molar-refractivity contribution < 1.29 is 5.11 Å². The summed E-state index contributed by atoms with van der Waals surface area (Å²) in [5.41, 5.74) is 2.66. The zero-order valence-corrected chi connectivity index (χ0v) is 17.9. The fourth-order valence-corrected chi connectivity index (χ4v) is 4.22. The molecule has 0 radical (unpaired) electrons. The highest BCUT2D eigenvalue weighted by Gasteiger charge is 2.24. The van der Waals surface area contributed by atoms with Crippen molar-refractivity contribution in [1.82, 2.24) is 19.9 Å². The summed E-state index contributed by atoms with van der Waals surface area (Å²) in [4.78, 5) is 22.8. The Morgan fingerprint density at radius 1 is 1.32 bits per heavy atom. The number of aliphatic hydroxyl groups is 1. The van der Waals surface area contributed by atoms with Crippen LogP contribution in [0.4, 0.5) is 0 Å². The van der Waals surface area contributed by atoms with E-state index < -0.39 is 6.10 Å². The molecule has 0 aliphatic heterocycles. The molecule has 3 N–H and O–H groups in total. The minimum absolute atomic E-state index is 0.0844. The minimum Gasteiger partial charge on any atom is -0.393 e. The van der Waals surface area contributed by atoms with Crippen LogP contribution in [0, 0.1) is 5.41 Å². The number of benzene rings is 1. The topological polar surface area (TPSA) is 104 Å². The number of allylic oxidation sites excluding steroid dienone is 1. The molecule has 0 saturated heterocycles. The number of pyridine rings is 1. The lowest BCUT2D eigenvalue weighted by molar-refractivity contribution is 0.103.